The van der Waals surface area contributed by atoms with Gasteiger partial charge in [0.25, 0.3) is 0 Å². The third-order valence-electron chi connectivity index (χ3n) is 4.14. The number of nitrogens with zero attached hydrogens (tertiary/aromatic N) is 1. The van der Waals surface area contributed by atoms with Gasteiger partial charge in [-0.1, -0.05) is 58.3 Å². The van der Waals surface area contributed by atoms with Crippen molar-refractivity contribution in [2.75, 3.05) is 6.54 Å². The lowest BCUT2D eigenvalue weighted by atomic mass is 10.0. The van der Waals surface area contributed by atoms with Crippen molar-refractivity contribution in [3.05, 3.63) is 0 Å². The monoisotopic (exact) mass is 285 g/mol. The average molecular weight is 286 g/mol. The average Bonchev–Trinajstić information content (AvgIpc) is 2.38. The lowest BCUT2D eigenvalue weighted by molar-refractivity contribution is 0.0691. The maximum atomic E-state index is 10.1. The molecule has 1 N–H and O–H groups in total. The first-order valence-electron chi connectivity index (χ1n) is 8.92. The summed E-state index contributed by atoms with van der Waals surface area (Å²) in [5.74, 6) is 0. The van der Waals surface area contributed by atoms with E-state index in [0.29, 0.717) is 12.1 Å². The Bertz CT molecular complexity index is 196. The minimum atomic E-state index is -0.153. The third kappa shape index (κ3) is 10.7. The molecule has 1 atom stereocenters. The van der Waals surface area contributed by atoms with Gasteiger partial charge < -0.3 is 5.11 Å². The summed E-state index contributed by atoms with van der Waals surface area (Å²) >= 11 is 0. The van der Waals surface area contributed by atoms with Crippen LogP contribution in [0.25, 0.3) is 0 Å². The summed E-state index contributed by atoms with van der Waals surface area (Å²) in [4.78, 5) is 2.38. The van der Waals surface area contributed by atoms with Gasteiger partial charge in [-0.2, -0.15) is 0 Å². The van der Waals surface area contributed by atoms with Crippen LogP contribution >= 0.6 is 0 Å². The summed E-state index contributed by atoms with van der Waals surface area (Å²) in [5, 5.41) is 10.1. The van der Waals surface area contributed by atoms with Gasteiger partial charge in [0.2, 0.25) is 0 Å². The molecule has 1 unspecified atom stereocenters. The Hall–Kier alpha value is -0.0800. The number of aliphatic hydroxyl groups is 1. The molecular weight excluding hydrogens is 246 g/mol. The van der Waals surface area contributed by atoms with E-state index in [1.165, 1.54) is 51.4 Å². The molecule has 122 valence electrons. The lowest BCUT2D eigenvalue weighted by Crippen LogP contribution is -2.42. The molecule has 0 aliphatic carbocycles. The molecule has 0 radical (unpaired) electrons. The molecule has 20 heavy (non-hydrogen) atoms. The largest absolute Gasteiger partial charge is 0.392 e. The van der Waals surface area contributed by atoms with E-state index in [1.807, 2.05) is 0 Å². The van der Waals surface area contributed by atoms with Crippen molar-refractivity contribution in [2.24, 2.45) is 0 Å². The van der Waals surface area contributed by atoms with E-state index in [-0.39, 0.29) is 6.10 Å². The highest BCUT2D eigenvalue weighted by atomic mass is 16.3. The van der Waals surface area contributed by atoms with Crippen molar-refractivity contribution in [3.8, 4) is 0 Å². The number of rotatable bonds is 13. The lowest BCUT2D eigenvalue weighted by Gasteiger charge is -2.32. The standard InChI is InChI=1S/C18H39NO/c1-6-7-8-9-10-11-12-13-14-18(20)15-19(16(2)3)17(4)5/h16-18,20H,6-15H2,1-5H3. The molecule has 0 aromatic rings. The van der Waals surface area contributed by atoms with Crippen molar-refractivity contribution in [1.82, 2.24) is 4.90 Å². The molecule has 0 rings (SSSR count). The second-order valence-electron chi connectivity index (χ2n) is 6.80. The predicted octanol–water partition coefficient (Wildman–Crippen LogP) is 5.00. The van der Waals surface area contributed by atoms with Gasteiger partial charge in [-0.05, 0) is 34.1 Å². The summed E-state index contributed by atoms with van der Waals surface area (Å²) < 4.78 is 0. The van der Waals surface area contributed by atoms with E-state index in [0.717, 1.165) is 13.0 Å². The molecule has 0 bridgehead atoms. The Balaban J connectivity index is 3.55. The molecule has 0 aromatic heterocycles. The highest BCUT2D eigenvalue weighted by Crippen LogP contribution is 2.13. The smallest absolute Gasteiger partial charge is 0.0667 e. The van der Waals surface area contributed by atoms with Gasteiger partial charge in [-0.25, -0.2) is 0 Å². The molecule has 2 heteroatoms. The fourth-order valence-corrected chi connectivity index (χ4v) is 2.87. The first-order valence-corrected chi connectivity index (χ1v) is 8.92. The first kappa shape index (κ1) is 19.9. The Labute approximate surface area is 127 Å². The number of unbranched alkanes of at least 4 members (excludes halogenated alkanes) is 7. The van der Waals surface area contributed by atoms with Gasteiger partial charge in [-0.3, -0.25) is 4.90 Å². The van der Waals surface area contributed by atoms with E-state index >= 15 is 0 Å². The maximum absolute atomic E-state index is 10.1. The van der Waals surface area contributed by atoms with Crippen LogP contribution in [0.5, 0.6) is 0 Å². The molecule has 0 aromatic carbocycles. The van der Waals surface area contributed by atoms with E-state index in [1.54, 1.807) is 0 Å². The fourth-order valence-electron chi connectivity index (χ4n) is 2.87. The highest BCUT2D eigenvalue weighted by molar-refractivity contribution is 4.71. The van der Waals surface area contributed by atoms with Gasteiger partial charge in [0.05, 0.1) is 6.10 Å². The zero-order valence-electron chi connectivity index (χ0n) is 14.7. The summed E-state index contributed by atoms with van der Waals surface area (Å²) in [6.45, 7) is 11.9. The molecule has 0 aliphatic heterocycles. The van der Waals surface area contributed by atoms with Crippen molar-refractivity contribution in [1.29, 1.82) is 0 Å². The van der Waals surface area contributed by atoms with Crippen molar-refractivity contribution >= 4 is 0 Å². The molecule has 0 fully saturated rings. The van der Waals surface area contributed by atoms with Crippen LogP contribution in [0.15, 0.2) is 0 Å². The molecule has 0 heterocycles. The van der Waals surface area contributed by atoms with Crippen molar-refractivity contribution < 1.29 is 5.11 Å². The second kappa shape index (κ2) is 12.6. The van der Waals surface area contributed by atoms with Crippen molar-refractivity contribution in [2.45, 2.75) is 111 Å². The molecule has 0 spiro atoms. The highest BCUT2D eigenvalue weighted by Gasteiger charge is 2.17. The van der Waals surface area contributed by atoms with Crippen LogP contribution in [0, 0.1) is 0 Å². The number of hydrogen-bond donors (Lipinski definition) is 1. The topological polar surface area (TPSA) is 23.5 Å². The van der Waals surface area contributed by atoms with Crippen LogP contribution < -0.4 is 0 Å². The SMILES string of the molecule is CCCCCCCCCCC(O)CN(C(C)C)C(C)C. The van der Waals surface area contributed by atoms with Gasteiger partial charge in [-0.15, -0.1) is 0 Å². The summed E-state index contributed by atoms with van der Waals surface area (Å²) in [5.41, 5.74) is 0. The number of hydrogen-bond acceptors (Lipinski definition) is 2. The minimum absolute atomic E-state index is 0.153. The second-order valence-corrected chi connectivity index (χ2v) is 6.80. The van der Waals surface area contributed by atoms with Crippen LogP contribution in [0.2, 0.25) is 0 Å². The Morgan fingerprint density at radius 2 is 1.20 bits per heavy atom. The normalized spacial score (nSPS) is 13.7. The van der Waals surface area contributed by atoms with Crippen LogP contribution in [-0.2, 0) is 0 Å². The van der Waals surface area contributed by atoms with Crippen LogP contribution in [0.3, 0.4) is 0 Å². The molecule has 2 nitrogen and oxygen atoms in total. The van der Waals surface area contributed by atoms with Gasteiger partial charge in [0, 0.05) is 18.6 Å². The van der Waals surface area contributed by atoms with E-state index in [2.05, 4.69) is 39.5 Å². The zero-order chi connectivity index (χ0) is 15.4. The molecule has 0 amide bonds. The minimum Gasteiger partial charge on any atom is -0.392 e. The maximum Gasteiger partial charge on any atom is 0.0667 e. The van der Waals surface area contributed by atoms with Gasteiger partial charge >= 0.3 is 0 Å². The summed E-state index contributed by atoms with van der Waals surface area (Å²) in [6, 6.07) is 1.03. The van der Waals surface area contributed by atoms with Crippen LogP contribution in [0.4, 0.5) is 0 Å². The molecule has 0 saturated carbocycles. The molecule has 0 saturated heterocycles. The predicted molar refractivity (Wildman–Crippen MR) is 90.2 cm³/mol. The Morgan fingerprint density at radius 3 is 1.65 bits per heavy atom. The fraction of sp³-hybridized carbons (Fsp3) is 1.00. The van der Waals surface area contributed by atoms with Crippen LogP contribution in [-0.4, -0.2) is 34.7 Å². The van der Waals surface area contributed by atoms with Gasteiger partial charge in [0.15, 0.2) is 0 Å². The third-order valence-corrected chi connectivity index (χ3v) is 4.14. The van der Waals surface area contributed by atoms with Crippen LogP contribution in [0.1, 0.15) is 92.4 Å². The van der Waals surface area contributed by atoms with Crippen molar-refractivity contribution in [3.63, 3.8) is 0 Å². The zero-order valence-corrected chi connectivity index (χ0v) is 14.7. The van der Waals surface area contributed by atoms with E-state index in [4.69, 9.17) is 0 Å². The Morgan fingerprint density at radius 1 is 0.750 bits per heavy atom. The van der Waals surface area contributed by atoms with E-state index < -0.39 is 0 Å². The quantitative estimate of drug-likeness (QED) is 0.481. The molecule has 0 aliphatic rings. The summed E-state index contributed by atoms with van der Waals surface area (Å²) in [7, 11) is 0. The number of aliphatic hydroxyl groups excluding tert-OH is 1. The van der Waals surface area contributed by atoms with E-state index in [9.17, 15) is 5.11 Å². The Kier molecular flexibility index (Phi) is 12.6. The summed E-state index contributed by atoms with van der Waals surface area (Å²) in [6.07, 6.45) is 11.5. The first-order chi connectivity index (χ1) is 9.49. The van der Waals surface area contributed by atoms with Gasteiger partial charge in [0.1, 0.15) is 0 Å². The molecular formula is C18H39NO.